The number of hydrogen-bond acceptors (Lipinski definition) is 6. The number of halogens is 1. The maximum Gasteiger partial charge on any atom is 0.409 e. The van der Waals surface area contributed by atoms with Crippen LogP contribution in [0.3, 0.4) is 0 Å². The molecule has 34 heavy (non-hydrogen) atoms. The lowest BCUT2D eigenvalue weighted by Crippen LogP contribution is -2.16. The predicted molar refractivity (Wildman–Crippen MR) is 132 cm³/mol. The third-order valence-corrected chi connectivity index (χ3v) is 6.98. The molecule has 0 spiro atoms. The molecule has 2 heterocycles. The van der Waals surface area contributed by atoms with Crippen LogP contribution < -0.4 is 10.5 Å². The van der Waals surface area contributed by atoms with Gasteiger partial charge >= 0.3 is 6.09 Å². The molecular weight excluding hydrogens is 472 g/mol. The fourth-order valence-electron chi connectivity index (χ4n) is 3.74. The number of rotatable bonds is 7. The van der Waals surface area contributed by atoms with E-state index >= 15 is 0 Å². The molecule has 0 aliphatic carbocycles. The van der Waals surface area contributed by atoms with Crippen molar-refractivity contribution < 1.29 is 14.3 Å². The van der Waals surface area contributed by atoms with Gasteiger partial charge in [-0.05, 0) is 55.7 Å². The third kappa shape index (κ3) is 4.73. The van der Waals surface area contributed by atoms with Gasteiger partial charge in [0.1, 0.15) is 22.4 Å². The van der Waals surface area contributed by atoms with Crippen LogP contribution in [0, 0.1) is 13.8 Å². The summed E-state index contributed by atoms with van der Waals surface area (Å²) in [5.74, 6) is 1.64. The van der Waals surface area contributed by atoms with E-state index in [-0.39, 0.29) is 5.78 Å². The molecule has 2 aromatic carbocycles. The molecule has 0 fully saturated rings. The average molecular weight is 495 g/mol. The van der Waals surface area contributed by atoms with Gasteiger partial charge in [0.25, 0.3) is 0 Å². The van der Waals surface area contributed by atoms with Crippen molar-refractivity contribution in [3.8, 4) is 10.8 Å². The average Bonchev–Trinajstić information content (AvgIpc) is 3.38. The highest BCUT2D eigenvalue weighted by Gasteiger charge is 2.24. The lowest BCUT2D eigenvalue weighted by Gasteiger charge is -2.11. The topological polar surface area (TPSA) is 100 Å². The lowest BCUT2D eigenvalue weighted by atomic mass is 10.0. The second kappa shape index (κ2) is 9.79. The normalized spacial score (nSPS) is 10.9. The molecule has 0 bridgehead atoms. The van der Waals surface area contributed by atoms with E-state index in [1.807, 2.05) is 36.6 Å². The number of ketones is 1. The Hall–Kier alpha value is -3.49. The van der Waals surface area contributed by atoms with Crippen LogP contribution in [0.25, 0.3) is 5.00 Å². The predicted octanol–water partition coefficient (Wildman–Crippen LogP) is 5.44. The van der Waals surface area contributed by atoms with E-state index in [1.54, 1.807) is 41.7 Å². The number of hydrogen-bond donors (Lipinski definition) is 1. The summed E-state index contributed by atoms with van der Waals surface area (Å²) in [4.78, 5) is 25.6. The second-order valence-electron chi connectivity index (χ2n) is 7.79. The van der Waals surface area contributed by atoms with Crippen LogP contribution in [0.2, 0.25) is 5.02 Å². The molecule has 0 radical (unpaired) electrons. The molecule has 0 saturated carbocycles. The smallest absolute Gasteiger partial charge is 0.409 e. The first-order valence-electron chi connectivity index (χ1n) is 10.7. The molecule has 0 aliphatic heterocycles. The summed E-state index contributed by atoms with van der Waals surface area (Å²) in [6.45, 7) is 5.75. The number of primary amides is 1. The van der Waals surface area contributed by atoms with Crippen molar-refractivity contribution >= 4 is 34.8 Å². The monoisotopic (exact) mass is 494 g/mol. The Morgan fingerprint density at radius 2 is 1.85 bits per heavy atom. The van der Waals surface area contributed by atoms with Gasteiger partial charge in [-0.15, -0.1) is 21.5 Å². The van der Waals surface area contributed by atoms with Crippen molar-refractivity contribution in [2.45, 2.75) is 33.6 Å². The standard InChI is InChI=1S/C25H23ClN4O3S/c1-4-17-13-19(23(31)18-7-5-6-8-20(18)26)24(34-17)30-15(3)28-29-22(30)12-16-9-10-21(14(2)11-16)33-25(27)32/h5-11,13H,4,12H2,1-3H3,(H2,27,32). The highest BCUT2D eigenvalue weighted by molar-refractivity contribution is 7.15. The van der Waals surface area contributed by atoms with Crippen LogP contribution in [-0.2, 0) is 12.8 Å². The summed E-state index contributed by atoms with van der Waals surface area (Å²) < 4.78 is 6.94. The Morgan fingerprint density at radius 3 is 2.53 bits per heavy atom. The summed E-state index contributed by atoms with van der Waals surface area (Å²) in [6.07, 6.45) is 0.411. The van der Waals surface area contributed by atoms with Gasteiger partial charge in [-0.25, -0.2) is 4.79 Å². The number of aromatic nitrogens is 3. The molecule has 0 unspecified atom stereocenters. The summed E-state index contributed by atoms with van der Waals surface area (Å²) in [6, 6.07) is 14.4. The first kappa shape index (κ1) is 23.7. The number of carbonyl (C=O) groups excluding carboxylic acids is 2. The van der Waals surface area contributed by atoms with Crippen molar-refractivity contribution in [1.29, 1.82) is 0 Å². The summed E-state index contributed by atoms with van der Waals surface area (Å²) in [5.41, 5.74) is 7.88. The van der Waals surface area contributed by atoms with Gasteiger partial charge in [0.05, 0.1) is 10.6 Å². The Labute approximate surface area is 206 Å². The van der Waals surface area contributed by atoms with Gasteiger partial charge in [-0.2, -0.15) is 0 Å². The zero-order chi connectivity index (χ0) is 24.4. The van der Waals surface area contributed by atoms with Gasteiger partial charge in [0.15, 0.2) is 5.78 Å². The van der Waals surface area contributed by atoms with Gasteiger partial charge in [-0.3, -0.25) is 9.36 Å². The highest BCUT2D eigenvalue weighted by Crippen LogP contribution is 2.33. The summed E-state index contributed by atoms with van der Waals surface area (Å²) in [7, 11) is 0. The van der Waals surface area contributed by atoms with Gasteiger partial charge in [-0.1, -0.05) is 42.8 Å². The van der Waals surface area contributed by atoms with Crippen LogP contribution in [0.1, 0.15) is 50.5 Å². The van der Waals surface area contributed by atoms with E-state index in [0.717, 1.165) is 27.4 Å². The zero-order valence-electron chi connectivity index (χ0n) is 19.0. The summed E-state index contributed by atoms with van der Waals surface area (Å²) >= 11 is 7.87. The van der Waals surface area contributed by atoms with E-state index < -0.39 is 6.09 Å². The number of ether oxygens (including phenoxy) is 1. The number of nitrogens with two attached hydrogens (primary N) is 1. The first-order valence-corrected chi connectivity index (χ1v) is 11.9. The Balaban J connectivity index is 1.75. The van der Waals surface area contributed by atoms with Crippen LogP contribution in [0.15, 0.2) is 48.5 Å². The largest absolute Gasteiger partial charge is 0.410 e. The minimum Gasteiger partial charge on any atom is -0.410 e. The van der Waals surface area contributed by atoms with Gasteiger partial charge in [0, 0.05) is 16.9 Å². The van der Waals surface area contributed by atoms with Crippen molar-refractivity contribution in [3.05, 3.63) is 92.3 Å². The van der Waals surface area contributed by atoms with Crippen LogP contribution in [0.5, 0.6) is 5.75 Å². The molecule has 4 rings (SSSR count). The van der Waals surface area contributed by atoms with Gasteiger partial charge in [0.2, 0.25) is 0 Å². The minimum atomic E-state index is -0.855. The Bertz CT molecular complexity index is 1390. The molecule has 2 N–H and O–H groups in total. The highest BCUT2D eigenvalue weighted by atomic mass is 35.5. The van der Waals surface area contributed by atoms with Gasteiger partial charge < -0.3 is 10.5 Å². The molecule has 174 valence electrons. The molecule has 0 saturated heterocycles. The molecule has 9 heteroatoms. The fraction of sp³-hybridized carbons (Fsp3) is 0.200. The first-order chi connectivity index (χ1) is 16.3. The molecule has 7 nitrogen and oxygen atoms in total. The van der Waals surface area contributed by atoms with E-state index in [2.05, 4.69) is 17.1 Å². The van der Waals surface area contributed by atoms with E-state index in [9.17, 15) is 9.59 Å². The van der Waals surface area contributed by atoms with E-state index in [0.29, 0.717) is 40.0 Å². The second-order valence-corrected chi connectivity index (χ2v) is 9.31. The van der Waals surface area contributed by atoms with Crippen LogP contribution in [-0.4, -0.2) is 26.6 Å². The SMILES string of the molecule is CCc1cc(C(=O)c2ccccc2Cl)c(-n2c(C)nnc2Cc2ccc(OC(N)=O)c(C)c2)s1. The van der Waals surface area contributed by atoms with Crippen LogP contribution in [0.4, 0.5) is 4.79 Å². The maximum absolute atomic E-state index is 13.5. The number of amides is 1. The molecular formula is C25H23ClN4O3S. The molecule has 4 aromatic rings. The molecule has 1 amide bonds. The van der Waals surface area contributed by atoms with Crippen molar-refractivity contribution in [2.75, 3.05) is 0 Å². The number of carbonyl (C=O) groups is 2. The van der Waals surface area contributed by atoms with Crippen LogP contribution >= 0.6 is 22.9 Å². The molecule has 2 aromatic heterocycles. The van der Waals surface area contributed by atoms with E-state index in [4.69, 9.17) is 22.1 Å². The van der Waals surface area contributed by atoms with Crippen molar-refractivity contribution in [2.24, 2.45) is 5.73 Å². The van der Waals surface area contributed by atoms with Crippen molar-refractivity contribution in [1.82, 2.24) is 14.8 Å². The quantitative estimate of drug-likeness (QED) is 0.345. The fourth-order valence-corrected chi connectivity index (χ4v) is 5.12. The van der Waals surface area contributed by atoms with Crippen molar-refractivity contribution in [3.63, 3.8) is 0 Å². The zero-order valence-corrected chi connectivity index (χ0v) is 20.5. The number of benzene rings is 2. The Morgan fingerprint density at radius 1 is 1.09 bits per heavy atom. The lowest BCUT2D eigenvalue weighted by molar-refractivity contribution is 0.103. The number of thiophene rings is 1. The molecule has 0 atom stereocenters. The number of aryl methyl sites for hydroxylation is 3. The molecule has 0 aliphatic rings. The third-order valence-electron chi connectivity index (χ3n) is 5.38. The Kier molecular flexibility index (Phi) is 6.81. The minimum absolute atomic E-state index is 0.139. The number of nitrogens with zero attached hydrogens (tertiary/aromatic N) is 3. The van der Waals surface area contributed by atoms with E-state index in [1.165, 1.54) is 0 Å². The summed E-state index contributed by atoms with van der Waals surface area (Å²) in [5, 5.41) is 9.86. The maximum atomic E-state index is 13.5.